The highest BCUT2D eigenvalue weighted by Crippen LogP contribution is 2.47. The van der Waals surface area contributed by atoms with Crippen LogP contribution in [-0.2, 0) is 10.3 Å². The fraction of sp³-hybridized carbons (Fsp3) is 0.208. The van der Waals surface area contributed by atoms with Crippen molar-refractivity contribution in [1.29, 1.82) is 0 Å². The van der Waals surface area contributed by atoms with Crippen LogP contribution in [0.3, 0.4) is 0 Å². The Kier molecular flexibility index (Phi) is 3.73. The number of hydrogen-bond acceptors (Lipinski definition) is 2. The molecule has 0 fully saturated rings. The minimum absolute atomic E-state index is 0.267. The molecule has 0 amide bonds. The number of carbonyl (C=O) groups is 1. The second kappa shape index (κ2) is 5.84. The lowest BCUT2D eigenvalue weighted by atomic mass is 9.78. The molecule has 0 aromatic heterocycles. The molecule has 0 radical (unpaired) electrons. The Morgan fingerprint density at radius 1 is 0.692 bits per heavy atom. The normalized spacial score (nSPS) is 14.8. The molecule has 1 aliphatic rings. The van der Waals surface area contributed by atoms with E-state index in [0.29, 0.717) is 5.56 Å². The Hall–Kier alpha value is -2.87. The number of carbonyl (C=O) groups excluding carboxylic acids is 1. The lowest BCUT2D eigenvalue weighted by Gasteiger charge is -2.31. The molecule has 0 atom stereocenters. The van der Waals surface area contributed by atoms with Gasteiger partial charge >= 0.3 is 5.97 Å². The molecule has 3 aromatic rings. The van der Waals surface area contributed by atoms with Crippen LogP contribution in [0.1, 0.15) is 49.3 Å². The topological polar surface area (TPSA) is 26.3 Å². The van der Waals surface area contributed by atoms with Gasteiger partial charge in [0, 0.05) is 16.7 Å². The van der Waals surface area contributed by atoms with Crippen LogP contribution < -0.4 is 0 Å². The maximum Gasteiger partial charge on any atom is 0.340 e. The van der Waals surface area contributed by atoms with Crippen molar-refractivity contribution in [1.82, 2.24) is 0 Å². The zero-order chi connectivity index (χ0) is 18.5. The number of ether oxygens (including phenoxy) is 1. The zero-order valence-corrected chi connectivity index (χ0v) is 15.6. The first kappa shape index (κ1) is 16.6. The van der Waals surface area contributed by atoms with Gasteiger partial charge < -0.3 is 4.74 Å². The Labute approximate surface area is 154 Å². The molecule has 0 aliphatic carbocycles. The van der Waals surface area contributed by atoms with Crippen molar-refractivity contribution in [3.05, 3.63) is 105 Å². The molecule has 3 aromatic carbocycles. The van der Waals surface area contributed by atoms with Gasteiger partial charge in [0.05, 0.1) is 5.56 Å². The molecule has 0 saturated carbocycles. The summed E-state index contributed by atoms with van der Waals surface area (Å²) < 4.78 is 6.14. The summed E-state index contributed by atoms with van der Waals surface area (Å²) >= 11 is 0. The number of hydrogen-bond donors (Lipinski definition) is 0. The smallest absolute Gasteiger partial charge is 0.340 e. The molecule has 1 aliphatic heterocycles. The maximum atomic E-state index is 12.7. The standard InChI is InChI=1S/C24H22O2/c1-15-9-11-19(13-17(15)3)24(20-12-10-16(2)18(4)14-20)22-8-6-5-7-21(22)23(25)26-24/h5-14H,1-4H3. The van der Waals surface area contributed by atoms with Crippen LogP contribution >= 0.6 is 0 Å². The summed E-state index contributed by atoms with van der Waals surface area (Å²) in [5.41, 5.74) is 7.45. The number of esters is 1. The quantitative estimate of drug-likeness (QED) is 0.584. The van der Waals surface area contributed by atoms with E-state index in [-0.39, 0.29) is 5.97 Å². The number of fused-ring (bicyclic) bond motifs is 1. The highest BCUT2D eigenvalue weighted by molar-refractivity contribution is 5.96. The van der Waals surface area contributed by atoms with E-state index >= 15 is 0 Å². The van der Waals surface area contributed by atoms with Gasteiger partial charge in [-0.2, -0.15) is 0 Å². The second-order valence-corrected chi connectivity index (χ2v) is 7.21. The second-order valence-electron chi connectivity index (χ2n) is 7.21. The Balaban J connectivity index is 2.07. The number of aryl methyl sites for hydroxylation is 4. The molecule has 1 heterocycles. The predicted octanol–water partition coefficient (Wildman–Crippen LogP) is 5.38. The van der Waals surface area contributed by atoms with Crippen LogP contribution in [0.15, 0.2) is 60.7 Å². The van der Waals surface area contributed by atoms with E-state index in [9.17, 15) is 4.79 Å². The third-order valence-electron chi connectivity index (χ3n) is 5.60. The van der Waals surface area contributed by atoms with Gasteiger partial charge in [0.1, 0.15) is 0 Å². The average molecular weight is 342 g/mol. The summed E-state index contributed by atoms with van der Waals surface area (Å²) in [5.74, 6) is -0.267. The van der Waals surface area contributed by atoms with Crippen molar-refractivity contribution >= 4 is 5.97 Å². The summed E-state index contributed by atoms with van der Waals surface area (Å²) in [6, 6.07) is 20.3. The first-order valence-corrected chi connectivity index (χ1v) is 8.92. The molecule has 0 bridgehead atoms. The van der Waals surface area contributed by atoms with Gasteiger partial charge in [-0.3, -0.25) is 0 Å². The van der Waals surface area contributed by atoms with E-state index in [4.69, 9.17) is 4.74 Å². The monoisotopic (exact) mass is 342 g/mol. The van der Waals surface area contributed by atoms with Crippen molar-refractivity contribution in [3.8, 4) is 0 Å². The van der Waals surface area contributed by atoms with Gasteiger partial charge in [-0.05, 0) is 56.0 Å². The van der Waals surface area contributed by atoms with E-state index in [0.717, 1.165) is 16.7 Å². The number of benzene rings is 3. The zero-order valence-electron chi connectivity index (χ0n) is 15.6. The molecule has 130 valence electrons. The predicted molar refractivity (Wildman–Crippen MR) is 104 cm³/mol. The summed E-state index contributed by atoms with van der Waals surface area (Å²) in [6.07, 6.45) is 0. The van der Waals surface area contributed by atoms with Crippen LogP contribution in [0.25, 0.3) is 0 Å². The highest BCUT2D eigenvalue weighted by atomic mass is 16.6. The summed E-state index contributed by atoms with van der Waals surface area (Å²) in [4.78, 5) is 12.7. The van der Waals surface area contributed by atoms with Crippen LogP contribution in [-0.4, -0.2) is 5.97 Å². The van der Waals surface area contributed by atoms with E-state index in [1.54, 1.807) is 0 Å². The summed E-state index contributed by atoms with van der Waals surface area (Å²) in [6.45, 7) is 8.37. The number of cyclic esters (lactones) is 1. The Bertz CT molecular complexity index is 979. The van der Waals surface area contributed by atoms with Gasteiger partial charge in [0.15, 0.2) is 5.60 Å². The van der Waals surface area contributed by atoms with E-state index in [2.05, 4.69) is 64.1 Å². The van der Waals surface area contributed by atoms with Crippen molar-refractivity contribution in [2.75, 3.05) is 0 Å². The van der Waals surface area contributed by atoms with Gasteiger partial charge in [-0.15, -0.1) is 0 Å². The van der Waals surface area contributed by atoms with Crippen molar-refractivity contribution in [2.45, 2.75) is 33.3 Å². The lowest BCUT2D eigenvalue weighted by Crippen LogP contribution is -2.29. The minimum Gasteiger partial charge on any atom is -0.441 e. The molecule has 2 heteroatoms. The fourth-order valence-electron chi connectivity index (χ4n) is 3.73. The molecule has 0 unspecified atom stereocenters. The van der Waals surface area contributed by atoms with E-state index in [1.165, 1.54) is 22.3 Å². The largest absolute Gasteiger partial charge is 0.441 e. The molecular formula is C24H22O2. The lowest BCUT2D eigenvalue weighted by molar-refractivity contribution is 0.0251. The summed E-state index contributed by atoms with van der Waals surface area (Å²) in [5, 5.41) is 0. The summed E-state index contributed by atoms with van der Waals surface area (Å²) in [7, 11) is 0. The van der Waals surface area contributed by atoms with Crippen LogP contribution in [0.2, 0.25) is 0 Å². The first-order valence-electron chi connectivity index (χ1n) is 8.92. The molecule has 4 rings (SSSR count). The van der Waals surface area contributed by atoms with Gasteiger partial charge in [-0.25, -0.2) is 4.79 Å². The van der Waals surface area contributed by atoms with Crippen molar-refractivity contribution in [3.63, 3.8) is 0 Å². The highest BCUT2D eigenvalue weighted by Gasteiger charge is 2.48. The molecular weight excluding hydrogens is 320 g/mol. The maximum absolute atomic E-state index is 12.7. The minimum atomic E-state index is -0.898. The Morgan fingerprint density at radius 2 is 1.23 bits per heavy atom. The first-order chi connectivity index (χ1) is 12.4. The average Bonchev–Trinajstić information content (AvgIpc) is 2.94. The van der Waals surface area contributed by atoms with Gasteiger partial charge in [0.25, 0.3) is 0 Å². The fourth-order valence-corrected chi connectivity index (χ4v) is 3.73. The Morgan fingerprint density at radius 3 is 1.77 bits per heavy atom. The van der Waals surface area contributed by atoms with Crippen LogP contribution in [0, 0.1) is 27.7 Å². The van der Waals surface area contributed by atoms with E-state index in [1.807, 2.05) is 24.3 Å². The molecule has 0 N–H and O–H groups in total. The molecule has 0 saturated heterocycles. The van der Waals surface area contributed by atoms with Gasteiger partial charge in [0.2, 0.25) is 0 Å². The molecule has 2 nitrogen and oxygen atoms in total. The van der Waals surface area contributed by atoms with Crippen molar-refractivity contribution in [2.24, 2.45) is 0 Å². The van der Waals surface area contributed by atoms with Crippen LogP contribution in [0.5, 0.6) is 0 Å². The van der Waals surface area contributed by atoms with Gasteiger partial charge in [-0.1, -0.05) is 54.6 Å². The van der Waals surface area contributed by atoms with Crippen LogP contribution in [0.4, 0.5) is 0 Å². The van der Waals surface area contributed by atoms with Crippen molar-refractivity contribution < 1.29 is 9.53 Å². The molecule has 0 spiro atoms. The van der Waals surface area contributed by atoms with E-state index < -0.39 is 5.60 Å². The number of rotatable bonds is 2. The third kappa shape index (κ3) is 2.29. The third-order valence-corrected chi connectivity index (χ3v) is 5.60. The SMILES string of the molecule is Cc1ccc(C2(c3ccc(C)c(C)c3)OC(=O)c3ccccc32)cc1C. The molecule has 26 heavy (non-hydrogen) atoms.